The maximum absolute atomic E-state index is 15.1. The number of benzene rings is 3. The minimum atomic E-state index is -1.48. The van der Waals surface area contributed by atoms with Gasteiger partial charge in [-0.05, 0) is 61.6 Å². The number of halogens is 3. The Hall–Kier alpha value is -4.55. The second-order valence-corrected chi connectivity index (χ2v) is 10.7. The number of aromatic nitrogens is 1. The van der Waals surface area contributed by atoms with E-state index < -0.39 is 35.1 Å². The Balaban J connectivity index is 1.43. The standard InChI is InChI=1S/C32H27ClF2N4O3/c1-18-6-3-4-13-39(18)21-16-26(34)29(27(35)17-21)31(40)38-28(32(41)42)14-19-8-10-24(30-22(19)7-5-12-37-30)23-11-9-20(36-2)15-25(23)33/h5,7-12,15-18,28H,3-4,6,13-14H2,1H3,(H,38,40)(H,41,42)/t18-,28-/m0/s1. The highest BCUT2D eigenvalue weighted by Gasteiger charge is 2.28. The molecule has 1 fully saturated rings. The third-order valence-electron chi connectivity index (χ3n) is 7.65. The van der Waals surface area contributed by atoms with E-state index in [2.05, 4.69) is 15.1 Å². The number of pyridine rings is 1. The molecule has 1 amide bonds. The van der Waals surface area contributed by atoms with Crippen molar-refractivity contribution in [3.05, 3.63) is 100.0 Å². The Labute approximate surface area is 246 Å². The second-order valence-electron chi connectivity index (χ2n) is 10.3. The molecule has 0 bridgehead atoms. The van der Waals surface area contributed by atoms with E-state index in [4.69, 9.17) is 18.2 Å². The molecule has 42 heavy (non-hydrogen) atoms. The van der Waals surface area contributed by atoms with Crippen molar-refractivity contribution in [2.24, 2.45) is 0 Å². The van der Waals surface area contributed by atoms with E-state index in [0.717, 1.165) is 31.4 Å². The van der Waals surface area contributed by atoms with Crippen molar-refractivity contribution in [1.29, 1.82) is 0 Å². The fourth-order valence-electron chi connectivity index (χ4n) is 5.49. The van der Waals surface area contributed by atoms with E-state index in [1.165, 1.54) is 0 Å². The first-order valence-electron chi connectivity index (χ1n) is 13.5. The van der Waals surface area contributed by atoms with Gasteiger partial charge in [-0.25, -0.2) is 18.4 Å². The number of amides is 1. The molecule has 214 valence electrons. The van der Waals surface area contributed by atoms with Gasteiger partial charge in [-0.3, -0.25) is 9.78 Å². The molecular formula is C32H27ClF2N4O3. The number of piperidine rings is 1. The summed E-state index contributed by atoms with van der Waals surface area (Å²) in [5.41, 5.74) is 2.35. The molecule has 0 spiro atoms. The Morgan fingerprint density at radius 3 is 2.55 bits per heavy atom. The van der Waals surface area contributed by atoms with Gasteiger partial charge in [0.2, 0.25) is 0 Å². The SMILES string of the molecule is [C-]#[N+]c1ccc(-c2ccc(C[C@H](NC(=O)c3c(F)cc(N4CCCC[C@@H]4C)cc3F)C(=O)O)c3cccnc23)c(Cl)c1. The molecule has 7 nitrogen and oxygen atoms in total. The minimum absolute atomic E-state index is 0.110. The maximum Gasteiger partial charge on any atom is 0.326 e. The largest absolute Gasteiger partial charge is 0.480 e. The van der Waals surface area contributed by atoms with E-state index in [-0.39, 0.29) is 12.5 Å². The first-order valence-corrected chi connectivity index (χ1v) is 13.9. The van der Waals surface area contributed by atoms with Gasteiger partial charge in [0, 0.05) is 46.9 Å². The summed E-state index contributed by atoms with van der Waals surface area (Å²) >= 11 is 6.45. The number of hydrogen-bond donors (Lipinski definition) is 2. The lowest BCUT2D eigenvalue weighted by molar-refractivity contribution is -0.139. The van der Waals surface area contributed by atoms with Crippen LogP contribution in [0.5, 0.6) is 0 Å². The molecule has 1 aliphatic heterocycles. The van der Waals surface area contributed by atoms with Crippen molar-refractivity contribution in [1.82, 2.24) is 10.3 Å². The Kier molecular flexibility index (Phi) is 8.36. The van der Waals surface area contributed by atoms with E-state index in [0.29, 0.717) is 50.5 Å². The topological polar surface area (TPSA) is 86.9 Å². The Morgan fingerprint density at radius 2 is 1.88 bits per heavy atom. The van der Waals surface area contributed by atoms with Crippen LogP contribution in [0.4, 0.5) is 20.2 Å². The van der Waals surface area contributed by atoms with E-state index in [1.807, 2.05) is 11.8 Å². The molecule has 1 aliphatic rings. The van der Waals surface area contributed by atoms with Gasteiger partial charge in [0.05, 0.1) is 12.1 Å². The normalized spacial score (nSPS) is 15.7. The van der Waals surface area contributed by atoms with Crippen molar-refractivity contribution in [3.8, 4) is 11.1 Å². The molecule has 4 aromatic rings. The molecule has 2 N–H and O–H groups in total. The van der Waals surface area contributed by atoms with E-state index >= 15 is 8.78 Å². The van der Waals surface area contributed by atoms with Gasteiger partial charge in [-0.15, -0.1) is 0 Å². The van der Waals surface area contributed by atoms with Gasteiger partial charge in [-0.2, -0.15) is 0 Å². The third-order valence-corrected chi connectivity index (χ3v) is 7.96. The summed E-state index contributed by atoms with van der Waals surface area (Å²) in [5, 5.41) is 13.2. The van der Waals surface area contributed by atoms with Crippen molar-refractivity contribution in [3.63, 3.8) is 0 Å². The maximum atomic E-state index is 15.1. The predicted molar refractivity (Wildman–Crippen MR) is 158 cm³/mol. The lowest BCUT2D eigenvalue weighted by Crippen LogP contribution is -2.43. The number of nitrogens with one attached hydrogen (secondary N) is 1. The van der Waals surface area contributed by atoms with Crippen LogP contribution < -0.4 is 10.2 Å². The van der Waals surface area contributed by atoms with Gasteiger partial charge >= 0.3 is 5.97 Å². The zero-order valence-electron chi connectivity index (χ0n) is 22.7. The van der Waals surface area contributed by atoms with Gasteiger partial charge in [0.25, 0.3) is 5.91 Å². The van der Waals surface area contributed by atoms with Crippen LogP contribution in [0.15, 0.2) is 60.8 Å². The van der Waals surface area contributed by atoms with Crippen LogP contribution in [0.3, 0.4) is 0 Å². The number of fused-ring (bicyclic) bond motifs is 1. The molecule has 0 aliphatic carbocycles. The average Bonchev–Trinajstić information content (AvgIpc) is 2.97. The van der Waals surface area contributed by atoms with Gasteiger partial charge < -0.3 is 15.3 Å². The summed E-state index contributed by atoms with van der Waals surface area (Å²) < 4.78 is 30.2. The summed E-state index contributed by atoms with van der Waals surface area (Å²) in [5.74, 6) is -4.61. The first kappa shape index (κ1) is 29.0. The highest BCUT2D eigenvalue weighted by atomic mass is 35.5. The van der Waals surface area contributed by atoms with Gasteiger partial charge in [-0.1, -0.05) is 41.9 Å². The number of carbonyl (C=O) groups excluding carboxylic acids is 1. The monoisotopic (exact) mass is 588 g/mol. The molecule has 5 rings (SSSR count). The van der Waals surface area contributed by atoms with E-state index in [9.17, 15) is 14.7 Å². The van der Waals surface area contributed by atoms with Crippen molar-refractivity contribution in [2.75, 3.05) is 11.4 Å². The Morgan fingerprint density at radius 1 is 1.14 bits per heavy atom. The molecule has 0 radical (unpaired) electrons. The van der Waals surface area contributed by atoms with Crippen LogP contribution in [0, 0.1) is 18.2 Å². The second kappa shape index (κ2) is 12.1. The fourth-order valence-corrected chi connectivity index (χ4v) is 5.77. The van der Waals surface area contributed by atoms with Crippen molar-refractivity contribution < 1.29 is 23.5 Å². The highest BCUT2D eigenvalue weighted by molar-refractivity contribution is 6.34. The average molecular weight is 589 g/mol. The number of carbonyl (C=O) groups is 2. The summed E-state index contributed by atoms with van der Waals surface area (Å²) in [4.78, 5) is 35.0. The lowest BCUT2D eigenvalue weighted by Gasteiger charge is -2.35. The quantitative estimate of drug-likeness (QED) is 0.223. The van der Waals surface area contributed by atoms with Gasteiger partial charge in [0.1, 0.15) is 23.2 Å². The molecule has 3 aromatic carbocycles. The van der Waals surface area contributed by atoms with Crippen LogP contribution in [0.25, 0.3) is 26.9 Å². The number of rotatable bonds is 7. The summed E-state index contributed by atoms with van der Waals surface area (Å²) in [6.45, 7) is 9.84. The molecule has 0 saturated carbocycles. The van der Waals surface area contributed by atoms with Crippen molar-refractivity contribution >= 4 is 45.8 Å². The van der Waals surface area contributed by atoms with Crippen LogP contribution in [-0.2, 0) is 11.2 Å². The molecule has 1 aromatic heterocycles. The number of hydrogen-bond acceptors (Lipinski definition) is 4. The lowest BCUT2D eigenvalue weighted by atomic mass is 9.95. The number of carboxylic acids is 1. The summed E-state index contributed by atoms with van der Waals surface area (Å²) in [6.07, 6.45) is 4.27. The minimum Gasteiger partial charge on any atom is -0.480 e. The van der Waals surface area contributed by atoms with Crippen LogP contribution in [0.2, 0.25) is 5.02 Å². The zero-order chi connectivity index (χ0) is 30.0. The number of carboxylic acid groups (broad SMARTS) is 1. The van der Waals surface area contributed by atoms with Crippen LogP contribution in [0.1, 0.15) is 42.1 Å². The molecule has 1 saturated heterocycles. The van der Waals surface area contributed by atoms with Crippen LogP contribution in [-0.4, -0.2) is 40.6 Å². The summed E-state index contributed by atoms with van der Waals surface area (Å²) in [6, 6.07) is 12.7. The smallest absolute Gasteiger partial charge is 0.326 e. The fraction of sp³-hybridized carbons (Fsp3) is 0.250. The van der Waals surface area contributed by atoms with Gasteiger partial charge in [0.15, 0.2) is 5.69 Å². The highest BCUT2D eigenvalue weighted by Crippen LogP contribution is 2.36. The molecule has 2 atom stereocenters. The number of nitrogens with zero attached hydrogens (tertiary/aromatic N) is 3. The van der Waals surface area contributed by atoms with Crippen LogP contribution >= 0.6 is 11.6 Å². The Bertz CT molecular complexity index is 1720. The molecular weight excluding hydrogens is 562 g/mol. The molecule has 2 heterocycles. The van der Waals surface area contributed by atoms with E-state index in [1.54, 1.807) is 48.7 Å². The first-order chi connectivity index (χ1) is 20.2. The van der Waals surface area contributed by atoms with Crippen molar-refractivity contribution in [2.45, 2.75) is 44.7 Å². The number of aliphatic carboxylic acids is 1. The number of anilines is 1. The molecule has 10 heteroatoms. The zero-order valence-corrected chi connectivity index (χ0v) is 23.5. The molecule has 0 unspecified atom stereocenters. The third kappa shape index (κ3) is 5.76. The summed E-state index contributed by atoms with van der Waals surface area (Å²) in [7, 11) is 0. The predicted octanol–water partition coefficient (Wildman–Crippen LogP) is 7.19.